The van der Waals surface area contributed by atoms with Crippen LogP contribution in [0.2, 0.25) is 0 Å². The molecule has 0 aliphatic carbocycles. The van der Waals surface area contributed by atoms with Gasteiger partial charge in [0.1, 0.15) is 0 Å². The van der Waals surface area contributed by atoms with E-state index in [9.17, 15) is 14.9 Å². The molecule has 0 radical (unpaired) electrons. The van der Waals surface area contributed by atoms with Gasteiger partial charge in [0.15, 0.2) is 0 Å². The smallest absolute Gasteiger partial charge is 0.270 e. The number of nitrogens with one attached hydrogen (secondary N) is 1. The van der Waals surface area contributed by atoms with E-state index in [1.807, 2.05) is 30.7 Å². The van der Waals surface area contributed by atoms with Crippen LogP contribution in [0.15, 0.2) is 54.6 Å². The van der Waals surface area contributed by atoms with Crippen molar-refractivity contribution in [2.24, 2.45) is 0 Å². The lowest BCUT2D eigenvalue weighted by Crippen LogP contribution is -2.10. The van der Waals surface area contributed by atoms with Crippen molar-refractivity contribution in [3.8, 4) is 0 Å². The summed E-state index contributed by atoms with van der Waals surface area (Å²) in [5, 5.41) is 18.3. The largest absolute Gasteiger partial charge is 0.319 e. The molecule has 1 N–H and O–H groups in total. The van der Waals surface area contributed by atoms with Gasteiger partial charge in [-0.25, -0.2) is 0 Å². The van der Waals surface area contributed by atoms with Crippen LogP contribution in [0.25, 0.3) is 6.08 Å². The molecule has 1 amide bonds. The van der Waals surface area contributed by atoms with Gasteiger partial charge in [-0.15, -0.1) is 0 Å². The molecule has 0 bridgehead atoms. The fourth-order valence-electron chi connectivity index (χ4n) is 3.06. The number of hydrogen-bond acceptors (Lipinski definition) is 4. The second-order valence-corrected chi connectivity index (χ2v) is 6.80. The maximum Gasteiger partial charge on any atom is 0.270 e. The number of hydrogen-bond donors (Lipinski definition) is 1. The zero-order chi connectivity index (χ0) is 21.0. The molecule has 0 aliphatic rings. The highest BCUT2D eigenvalue weighted by Crippen LogP contribution is 2.21. The summed E-state index contributed by atoms with van der Waals surface area (Å²) in [7, 11) is 0. The Morgan fingerprint density at radius 2 is 1.93 bits per heavy atom. The molecule has 0 spiro atoms. The number of amides is 1. The molecule has 148 valence electrons. The third-order valence-corrected chi connectivity index (χ3v) is 4.72. The standard InChI is InChI=1S/C22H22N4O3/c1-15-7-4-5-9-19(15)14-25-17(3)22(16(2)24-25)23-21(27)12-11-18-8-6-10-20(13-18)26(28)29/h4-13H,14H2,1-3H3,(H,23,27)/b12-11+. The van der Waals surface area contributed by atoms with Gasteiger partial charge in [0, 0.05) is 18.2 Å². The molecule has 7 nitrogen and oxygen atoms in total. The van der Waals surface area contributed by atoms with Gasteiger partial charge in [-0.05, 0) is 43.5 Å². The molecular weight excluding hydrogens is 368 g/mol. The lowest BCUT2D eigenvalue weighted by molar-refractivity contribution is -0.384. The van der Waals surface area contributed by atoms with Crippen LogP contribution >= 0.6 is 0 Å². The summed E-state index contributed by atoms with van der Waals surface area (Å²) in [6.07, 6.45) is 2.90. The zero-order valence-electron chi connectivity index (χ0n) is 16.5. The Labute approximate surface area is 168 Å². The summed E-state index contributed by atoms with van der Waals surface area (Å²) < 4.78 is 1.87. The molecule has 1 heterocycles. The van der Waals surface area contributed by atoms with Crippen molar-refractivity contribution in [2.45, 2.75) is 27.3 Å². The van der Waals surface area contributed by atoms with Crippen LogP contribution in [-0.4, -0.2) is 20.6 Å². The molecule has 0 unspecified atom stereocenters. The summed E-state index contributed by atoms with van der Waals surface area (Å²) in [5.74, 6) is -0.321. The van der Waals surface area contributed by atoms with E-state index in [0.717, 1.165) is 11.4 Å². The average Bonchev–Trinajstić information content (AvgIpc) is 2.96. The second kappa shape index (κ2) is 8.52. The molecule has 3 rings (SSSR count). The van der Waals surface area contributed by atoms with Crippen molar-refractivity contribution >= 4 is 23.4 Å². The van der Waals surface area contributed by atoms with Crippen molar-refractivity contribution < 1.29 is 9.72 Å². The number of aromatic nitrogens is 2. The van der Waals surface area contributed by atoms with Crippen molar-refractivity contribution in [2.75, 3.05) is 5.32 Å². The fraction of sp³-hybridized carbons (Fsp3) is 0.182. The predicted octanol–water partition coefficient (Wildman–Crippen LogP) is 4.42. The fourth-order valence-corrected chi connectivity index (χ4v) is 3.06. The summed E-state index contributed by atoms with van der Waals surface area (Å²) in [6, 6.07) is 14.2. The molecule has 29 heavy (non-hydrogen) atoms. The summed E-state index contributed by atoms with van der Waals surface area (Å²) in [4.78, 5) is 22.8. The van der Waals surface area contributed by atoms with Crippen molar-refractivity contribution in [1.82, 2.24) is 9.78 Å². The Kier molecular flexibility index (Phi) is 5.87. The first kappa shape index (κ1) is 20.0. The third-order valence-electron chi connectivity index (χ3n) is 4.72. The van der Waals surface area contributed by atoms with Crippen molar-refractivity contribution in [3.05, 3.63) is 92.8 Å². The van der Waals surface area contributed by atoms with Crippen LogP contribution in [-0.2, 0) is 11.3 Å². The van der Waals surface area contributed by atoms with Gasteiger partial charge in [0.2, 0.25) is 5.91 Å². The van der Waals surface area contributed by atoms with Crippen LogP contribution in [0.4, 0.5) is 11.4 Å². The first-order valence-corrected chi connectivity index (χ1v) is 9.17. The average molecular weight is 390 g/mol. The van der Waals surface area contributed by atoms with Gasteiger partial charge in [0.05, 0.1) is 28.5 Å². The Bertz CT molecular complexity index is 1100. The van der Waals surface area contributed by atoms with Gasteiger partial charge in [-0.2, -0.15) is 5.10 Å². The van der Waals surface area contributed by atoms with Gasteiger partial charge < -0.3 is 5.32 Å². The third kappa shape index (κ3) is 4.76. The van der Waals surface area contributed by atoms with E-state index in [2.05, 4.69) is 29.5 Å². The Morgan fingerprint density at radius 3 is 2.66 bits per heavy atom. The monoisotopic (exact) mass is 390 g/mol. The minimum absolute atomic E-state index is 0.0169. The minimum Gasteiger partial charge on any atom is -0.319 e. The van der Waals surface area contributed by atoms with Crippen LogP contribution in [0.3, 0.4) is 0 Å². The molecule has 0 aliphatic heterocycles. The Hall–Kier alpha value is -3.74. The number of benzene rings is 2. The zero-order valence-corrected chi connectivity index (χ0v) is 16.5. The molecule has 0 saturated carbocycles. The van der Waals surface area contributed by atoms with Gasteiger partial charge >= 0.3 is 0 Å². The van der Waals surface area contributed by atoms with Crippen molar-refractivity contribution in [1.29, 1.82) is 0 Å². The van der Waals surface area contributed by atoms with Crippen LogP contribution in [0.1, 0.15) is 28.1 Å². The Balaban J connectivity index is 1.74. The maximum absolute atomic E-state index is 12.4. The topological polar surface area (TPSA) is 90.1 Å². The maximum atomic E-state index is 12.4. The second-order valence-electron chi connectivity index (χ2n) is 6.80. The van der Waals surface area contributed by atoms with E-state index < -0.39 is 4.92 Å². The normalized spacial score (nSPS) is 11.0. The van der Waals surface area contributed by atoms with Gasteiger partial charge in [0.25, 0.3) is 5.69 Å². The highest BCUT2D eigenvalue weighted by Gasteiger charge is 2.14. The summed E-state index contributed by atoms with van der Waals surface area (Å²) >= 11 is 0. The molecule has 0 atom stereocenters. The molecule has 1 aromatic heterocycles. The van der Waals surface area contributed by atoms with Crippen LogP contribution in [0.5, 0.6) is 0 Å². The van der Waals surface area contributed by atoms with E-state index in [0.29, 0.717) is 17.8 Å². The molecule has 2 aromatic carbocycles. The van der Waals surface area contributed by atoms with Crippen LogP contribution in [0, 0.1) is 30.9 Å². The first-order chi connectivity index (χ1) is 13.8. The van der Waals surface area contributed by atoms with E-state index in [1.165, 1.54) is 29.3 Å². The van der Waals surface area contributed by atoms with Gasteiger partial charge in [-0.1, -0.05) is 36.4 Å². The highest BCUT2D eigenvalue weighted by molar-refractivity contribution is 6.02. The number of nitro benzene ring substituents is 1. The Morgan fingerprint density at radius 1 is 1.17 bits per heavy atom. The summed E-state index contributed by atoms with van der Waals surface area (Å²) in [5.41, 5.74) is 5.19. The quantitative estimate of drug-likeness (QED) is 0.383. The number of aryl methyl sites for hydroxylation is 2. The molecule has 0 fully saturated rings. The molecule has 7 heteroatoms. The number of non-ortho nitro benzene ring substituents is 1. The number of carbonyl (C=O) groups is 1. The SMILES string of the molecule is Cc1ccccc1Cn1nc(C)c(NC(=O)/C=C/c2cccc([N+](=O)[O-])c2)c1C. The lowest BCUT2D eigenvalue weighted by Gasteiger charge is -2.08. The number of rotatable bonds is 6. The first-order valence-electron chi connectivity index (χ1n) is 9.17. The van der Waals surface area contributed by atoms with Crippen molar-refractivity contribution in [3.63, 3.8) is 0 Å². The van der Waals surface area contributed by atoms with E-state index >= 15 is 0 Å². The van der Waals surface area contributed by atoms with E-state index in [4.69, 9.17) is 0 Å². The highest BCUT2D eigenvalue weighted by atomic mass is 16.6. The van der Waals surface area contributed by atoms with Gasteiger partial charge in [-0.3, -0.25) is 19.6 Å². The van der Waals surface area contributed by atoms with Crippen LogP contribution < -0.4 is 5.32 Å². The molecule has 3 aromatic rings. The van der Waals surface area contributed by atoms with E-state index in [-0.39, 0.29) is 11.6 Å². The molecule has 0 saturated heterocycles. The molecular formula is C22H22N4O3. The number of carbonyl (C=O) groups excluding carboxylic acids is 1. The number of anilines is 1. The lowest BCUT2D eigenvalue weighted by atomic mass is 10.1. The number of nitro groups is 1. The predicted molar refractivity (Wildman–Crippen MR) is 113 cm³/mol. The summed E-state index contributed by atoms with van der Waals surface area (Å²) in [6.45, 7) is 6.44. The minimum atomic E-state index is -0.465. The number of nitrogens with zero attached hydrogens (tertiary/aromatic N) is 3. The van der Waals surface area contributed by atoms with E-state index in [1.54, 1.807) is 18.2 Å².